The second-order valence-electron chi connectivity index (χ2n) is 9.44. The lowest BCUT2D eigenvalue weighted by atomic mass is 10.00. The number of unbranched alkanes of at least 4 members (excludes halogenated alkanes) is 1. The van der Waals surface area contributed by atoms with Crippen molar-refractivity contribution in [1.82, 2.24) is 18.6 Å². The van der Waals surface area contributed by atoms with Crippen LogP contribution in [0.5, 0.6) is 0 Å². The maximum absolute atomic E-state index is 13.5. The summed E-state index contributed by atoms with van der Waals surface area (Å²) in [6.07, 6.45) is 1.88. The molecule has 40 heavy (non-hydrogen) atoms. The van der Waals surface area contributed by atoms with E-state index in [2.05, 4.69) is 26.3 Å². The van der Waals surface area contributed by atoms with Crippen LogP contribution >= 0.6 is 11.7 Å². The first-order valence-corrected chi connectivity index (χ1v) is 14.0. The zero-order valence-electron chi connectivity index (χ0n) is 22.4. The molecule has 0 aliphatic carbocycles. The fourth-order valence-electron chi connectivity index (χ4n) is 4.74. The number of nitrogens with zero attached hydrogens (tertiary/aromatic N) is 3. The Morgan fingerprint density at radius 3 is 2.50 bits per heavy atom. The van der Waals surface area contributed by atoms with Crippen LogP contribution in [0.2, 0.25) is 0 Å². The Labute approximate surface area is 236 Å². The van der Waals surface area contributed by atoms with Crippen LogP contribution in [-0.4, -0.2) is 43.6 Å². The van der Waals surface area contributed by atoms with E-state index in [1.807, 2.05) is 65.2 Å². The van der Waals surface area contributed by atoms with E-state index in [4.69, 9.17) is 4.74 Å². The number of aliphatic hydroxyl groups is 1. The number of rotatable bonds is 10. The van der Waals surface area contributed by atoms with Gasteiger partial charge in [0.2, 0.25) is 0 Å². The van der Waals surface area contributed by atoms with Gasteiger partial charge in [0.15, 0.2) is 0 Å². The SMILES string of the molecule is CCCCNC(=O)Nc1ccc2c(c1)c(-c1ccc(CO)cc1)c(C(=O)OCC)n2Cc1ccc2nsnc2c1. The Kier molecular flexibility index (Phi) is 8.37. The molecule has 0 unspecified atom stereocenters. The second kappa shape index (κ2) is 12.3. The number of fused-ring (bicyclic) bond motifs is 2. The molecule has 0 saturated heterocycles. The highest BCUT2D eigenvalue weighted by molar-refractivity contribution is 7.00. The van der Waals surface area contributed by atoms with E-state index in [0.29, 0.717) is 30.0 Å². The molecule has 5 aromatic rings. The molecule has 0 bridgehead atoms. The van der Waals surface area contributed by atoms with Crippen LogP contribution in [0.25, 0.3) is 33.1 Å². The summed E-state index contributed by atoms with van der Waals surface area (Å²) in [4.78, 5) is 26.0. The topological polar surface area (TPSA) is 118 Å². The number of esters is 1. The third-order valence-electron chi connectivity index (χ3n) is 6.69. The average Bonchev–Trinajstić information content (AvgIpc) is 3.55. The van der Waals surface area contributed by atoms with Crippen molar-refractivity contribution >= 4 is 51.4 Å². The van der Waals surface area contributed by atoms with Crippen LogP contribution in [0.3, 0.4) is 0 Å². The summed E-state index contributed by atoms with van der Waals surface area (Å²) < 4.78 is 16.2. The van der Waals surface area contributed by atoms with Crippen LogP contribution in [0.15, 0.2) is 60.7 Å². The fourth-order valence-corrected chi connectivity index (χ4v) is 5.26. The lowest BCUT2D eigenvalue weighted by Crippen LogP contribution is -2.29. The van der Waals surface area contributed by atoms with Crippen molar-refractivity contribution in [3.8, 4) is 11.1 Å². The summed E-state index contributed by atoms with van der Waals surface area (Å²) in [6.45, 7) is 4.99. The number of hydrogen-bond donors (Lipinski definition) is 3. The Morgan fingerprint density at radius 1 is 0.975 bits per heavy atom. The smallest absolute Gasteiger partial charge is 0.355 e. The molecule has 10 heteroatoms. The van der Waals surface area contributed by atoms with E-state index in [9.17, 15) is 14.7 Å². The molecule has 0 saturated carbocycles. The normalized spacial score (nSPS) is 11.2. The number of carbonyl (C=O) groups is 2. The Balaban J connectivity index is 1.67. The minimum absolute atomic E-state index is 0.0814. The standard InChI is InChI=1S/C30H31N5O4S/c1-3-5-14-31-30(38)32-22-11-13-26-23(16-22)27(21-9-6-19(18-36)7-10-21)28(29(37)39-4-2)35(26)17-20-8-12-24-25(15-20)34-40-33-24/h6-13,15-16,36H,3-5,14,17-18H2,1-2H3,(H2,31,32,38). The van der Waals surface area contributed by atoms with Crippen molar-refractivity contribution < 1.29 is 19.4 Å². The summed E-state index contributed by atoms with van der Waals surface area (Å²) in [5.41, 5.74) is 6.69. The van der Waals surface area contributed by atoms with Gasteiger partial charge in [0.05, 0.1) is 24.9 Å². The Bertz CT molecular complexity index is 1660. The number of nitrogens with one attached hydrogen (secondary N) is 2. The zero-order chi connectivity index (χ0) is 28.1. The summed E-state index contributed by atoms with van der Waals surface area (Å²) in [5.74, 6) is -0.442. The minimum atomic E-state index is -0.442. The molecule has 2 heterocycles. The predicted molar refractivity (Wildman–Crippen MR) is 158 cm³/mol. The number of amides is 2. The molecule has 0 aliphatic heterocycles. The van der Waals surface area contributed by atoms with Gasteiger partial charge in [-0.05, 0) is 60.4 Å². The Hall–Kier alpha value is -4.28. The molecule has 9 nitrogen and oxygen atoms in total. The number of aromatic nitrogens is 3. The van der Waals surface area contributed by atoms with Gasteiger partial charge in [-0.15, -0.1) is 0 Å². The van der Waals surface area contributed by atoms with E-state index < -0.39 is 5.97 Å². The highest BCUT2D eigenvalue weighted by Gasteiger charge is 2.26. The molecule has 5 rings (SSSR count). The number of carbonyl (C=O) groups excluding carboxylic acids is 2. The van der Waals surface area contributed by atoms with Gasteiger partial charge < -0.3 is 25.0 Å². The number of aliphatic hydroxyl groups excluding tert-OH is 1. The third kappa shape index (κ3) is 5.68. The van der Waals surface area contributed by atoms with Crippen LogP contribution in [0.4, 0.5) is 10.5 Å². The number of ether oxygens (including phenoxy) is 1. The summed E-state index contributed by atoms with van der Waals surface area (Å²) in [7, 11) is 0. The summed E-state index contributed by atoms with van der Waals surface area (Å²) in [5, 5.41) is 16.2. The first-order valence-electron chi connectivity index (χ1n) is 13.3. The largest absolute Gasteiger partial charge is 0.461 e. The van der Waals surface area contributed by atoms with E-state index in [0.717, 1.165) is 63.2 Å². The van der Waals surface area contributed by atoms with Crippen molar-refractivity contribution in [1.29, 1.82) is 0 Å². The zero-order valence-corrected chi connectivity index (χ0v) is 23.3. The lowest BCUT2D eigenvalue weighted by Gasteiger charge is -2.12. The monoisotopic (exact) mass is 557 g/mol. The number of anilines is 1. The van der Waals surface area contributed by atoms with Crippen molar-refractivity contribution in [3.63, 3.8) is 0 Å². The molecule has 0 aliphatic rings. The molecule has 0 fully saturated rings. The molecular formula is C30H31N5O4S. The second-order valence-corrected chi connectivity index (χ2v) is 9.97. The summed E-state index contributed by atoms with van der Waals surface area (Å²) >= 11 is 1.16. The molecule has 0 spiro atoms. The number of urea groups is 1. The van der Waals surface area contributed by atoms with E-state index in [1.54, 1.807) is 6.92 Å². The third-order valence-corrected chi connectivity index (χ3v) is 7.25. The maximum Gasteiger partial charge on any atom is 0.355 e. The quantitative estimate of drug-likeness (QED) is 0.144. The van der Waals surface area contributed by atoms with Crippen LogP contribution in [0, 0.1) is 0 Å². The lowest BCUT2D eigenvalue weighted by molar-refractivity contribution is 0.0516. The van der Waals surface area contributed by atoms with Gasteiger partial charge in [0, 0.05) is 35.2 Å². The van der Waals surface area contributed by atoms with E-state index >= 15 is 0 Å². The van der Waals surface area contributed by atoms with Gasteiger partial charge in [0.25, 0.3) is 0 Å². The van der Waals surface area contributed by atoms with Gasteiger partial charge in [-0.25, -0.2) is 9.59 Å². The minimum Gasteiger partial charge on any atom is -0.461 e. The van der Waals surface area contributed by atoms with Gasteiger partial charge in [0.1, 0.15) is 16.7 Å². The van der Waals surface area contributed by atoms with Gasteiger partial charge >= 0.3 is 12.0 Å². The maximum atomic E-state index is 13.5. The highest BCUT2D eigenvalue weighted by atomic mass is 32.1. The molecule has 3 N–H and O–H groups in total. The van der Waals surface area contributed by atoms with Crippen molar-refractivity contribution in [3.05, 3.63) is 77.5 Å². The first kappa shape index (κ1) is 27.3. The molecule has 206 valence electrons. The fraction of sp³-hybridized carbons (Fsp3) is 0.267. The Morgan fingerprint density at radius 2 is 1.75 bits per heavy atom. The molecule has 2 aromatic heterocycles. The summed E-state index contributed by atoms with van der Waals surface area (Å²) in [6, 6.07) is 18.7. The first-order chi connectivity index (χ1) is 19.5. The molecule has 0 radical (unpaired) electrons. The highest BCUT2D eigenvalue weighted by Crippen LogP contribution is 2.38. The van der Waals surface area contributed by atoms with Crippen molar-refractivity contribution in [2.45, 2.75) is 39.8 Å². The van der Waals surface area contributed by atoms with Gasteiger partial charge in [-0.1, -0.05) is 43.7 Å². The van der Waals surface area contributed by atoms with E-state index in [-0.39, 0.29) is 19.2 Å². The van der Waals surface area contributed by atoms with Crippen molar-refractivity contribution in [2.75, 3.05) is 18.5 Å². The molecule has 2 amide bonds. The van der Waals surface area contributed by atoms with Crippen LogP contribution in [0.1, 0.15) is 48.3 Å². The van der Waals surface area contributed by atoms with Gasteiger partial charge in [-0.2, -0.15) is 8.75 Å². The van der Waals surface area contributed by atoms with Crippen molar-refractivity contribution in [2.24, 2.45) is 0 Å². The van der Waals surface area contributed by atoms with Crippen LogP contribution in [-0.2, 0) is 17.9 Å². The van der Waals surface area contributed by atoms with Gasteiger partial charge in [-0.3, -0.25) is 0 Å². The molecular weight excluding hydrogens is 526 g/mol. The number of benzene rings is 3. The van der Waals surface area contributed by atoms with E-state index in [1.165, 1.54) is 0 Å². The average molecular weight is 558 g/mol. The molecule has 3 aromatic carbocycles. The predicted octanol–water partition coefficient (Wildman–Crippen LogP) is 5.95. The van der Waals surface area contributed by atoms with Crippen LogP contribution < -0.4 is 10.6 Å². The number of hydrogen-bond acceptors (Lipinski definition) is 7. The molecule has 0 atom stereocenters.